The zero-order valence-corrected chi connectivity index (χ0v) is 15.2. The van der Waals surface area contributed by atoms with Gasteiger partial charge >= 0.3 is 12.1 Å². The monoisotopic (exact) mass is 392 g/mol. The normalized spacial score (nSPS) is 11.4. The fourth-order valence-electron chi connectivity index (χ4n) is 2.18. The van der Waals surface area contributed by atoms with Gasteiger partial charge in [0.05, 0.1) is 12.2 Å². The molecule has 0 heterocycles. The van der Waals surface area contributed by atoms with Crippen LogP contribution in [0.2, 0.25) is 0 Å². The first-order chi connectivity index (χ1) is 13.2. The van der Waals surface area contributed by atoms with Crippen molar-refractivity contribution in [3.8, 4) is 11.5 Å². The number of ether oxygens (including phenoxy) is 2. The van der Waals surface area contributed by atoms with Crippen LogP contribution in [0.4, 0.5) is 13.2 Å². The second kappa shape index (κ2) is 9.73. The third kappa shape index (κ3) is 7.65. The van der Waals surface area contributed by atoms with Crippen molar-refractivity contribution < 1.29 is 32.2 Å². The van der Waals surface area contributed by atoms with Gasteiger partial charge in [0.1, 0.15) is 11.5 Å². The van der Waals surface area contributed by atoms with Crippen molar-refractivity contribution in [2.75, 3.05) is 6.61 Å². The van der Waals surface area contributed by atoms with Crippen LogP contribution >= 0.6 is 0 Å². The van der Waals surface area contributed by atoms with Crippen LogP contribution in [0.3, 0.4) is 0 Å². The number of halogens is 3. The largest absolute Gasteiger partial charge is 0.494 e. The minimum absolute atomic E-state index is 0.0618. The van der Waals surface area contributed by atoms with Gasteiger partial charge in [0.15, 0.2) is 5.78 Å². The second-order valence-corrected chi connectivity index (χ2v) is 5.99. The van der Waals surface area contributed by atoms with Crippen molar-refractivity contribution in [1.29, 1.82) is 0 Å². The Bertz CT molecular complexity index is 822. The predicted octanol–water partition coefficient (Wildman–Crippen LogP) is 5.23. The Labute approximate surface area is 160 Å². The van der Waals surface area contributed by atoms with Gasteiger partial charge in [-0.3, -0.25) is 4.79 Å². The Kier molecular flexibility index (Phi) is 7.37. The molecule has 2 aromatic carbocycles. The van der Waals surface area contributed by atoms with Gasteiger partial charge in [0.2, 0.25) is 0 Å². The first-order valence-electron chi connectivity index (χ1n) is 8.53. The third-order valence-corrected chi connectivity index (χ3v) is 3.56. The number of hydrogen-bond acceptors (Lipinski definition) is 4. The van der Waals surface area contributed by atoms with E-state index in [0.717, 1.165) is 5.56 Å². The molecule has 28 heavy (non-hydrogen) atoms. The molecule has 0 aliphatic carbocycles. The summed E-state index contributed by atoms with van der Waals surface area (Å²) in [4.78, 5) is 23.1. The summed E-state index contributed by atoms with van der Waals surface area (Å²) in [6.45, 7) is 1.39. The molecule has 0 atom stereocenters. The number of allylic oxidation sites excluding steroid dienone is 1. The molecule has 2 rings (SSSR count). The van der Waals surface area contributed by atoms with Crippen molar-refractivity contribution in [2.45, 2.75) is 25.9 Å². The van der Waals surface area contributed by atoms with Crippen molar-refractivity contribution in [3.63, 3.8) is 0 Å². The van der Waals surface area contributed by atoms with Crippen LogP contribution in [-0.2, 0) is 4.79 Å². The van der Waals surface area contributed by atoms with Crippen molar-refractivity contribution in [1.82, 2.24) is 0 Å². The van der Waals surface area contributed by atoms with E-state index >= 15 is 0 Å². The maximum absolute atomic E-state index is 12.1. The molecule has 0 bridgehead atoms. The zero-order chi connectivity index (χ0) is 20.6. The molecule has 0 amide bonds. The molecule has 148 valence electrons. The van der Waals surface area contributed by atoms with Crippen LogP contribution in [-0.4, -0.2) is 24.5 Å². The average molecular weight is 392 g/mol. The average Bonchev–Trinajstić information content (AvgIpc) is 2.64. The Morgan fingerprint density at radius 1 is 0.964 bits per heavy atom. The zero-order valence-electron chi connectivity index (χ0n) is 15.2. The Morgan fingerprint density at radius 3 is 2.14 bits per heavy atom. The van der Waals surface area contributed by atoms with Crippen LogP contribution in [0.25, 0.3) is 6.08 Å². The van der Waals surface area contributed by atoms with E-state index in [4.69, 9.17) is 9.47 Å². The van der Waals surface area contributed by atoms with Crippen molar-refractivity contribution >= 4 is 17.8 Å². The Morgan fingerprint density at radius 2 is 1.57 bits per heavy atom. The van der Waals surface area contributed by atoms with Crippen molar-refractivity contribution in [2.24, 2.45) is 0 Å². The lowest BCUT2D eigenvalue weighted by atomic mass is 10.2. The second-order valence-electron chi connectivity index (χ2n) is 5.99. The predicted molar refractivity (Wildman–Crippen MR) is 98.3 cm³/mol. The number of ketones is 1. The fraction of sp³-hybridized carbons (Fsp3) is 0.238. The number of benzene rings is 2. The molecule has 0 radical (unpaired) electrons. The number of alkyl halides is 3. The van der Waals surface area contributed by atoms with Gasteiger partial charge in [0.25, 0.3) is 0 Å². The van der Waals surface area contributed by atoms with Crippen molar-refractivity contribution in [3.05, 3.63) is 65.7 Å². The summed E-state index contributed by atoms with van der Waals surface area (Å²) in [5, 5.41) is 0. The van der Waals surface area contributed by atoms with E-state index in [1.54, 1.807) is 30.3 Å². The first-order valence-corrected chi connectivity index (χ1v) is 8.53. The van der Waals surface area contributed by atoms with Gasteiger partial charge in [-0.25, -0.2) is 4.79 Å². The van der Waals surface area contributed by atoms with E-state index in [0.29, 0.717) is 11.5 Å². The van der Waals surface area contributed by atoms with Crippen LogP contribution in [0, 0.1) is 0 Å². The van der Waals surface area contributed by atoms with Crippen LogP contribution in [0.5, 0.6) is 11.5 Å². The lowest BCUT2D eigenvalue weighted by Crippen LogP contribution is -2.10. The first kappa shape index (κ1) is 21.2. The molecule has 0 N–H and O–H groups in total. The molecule has 0 saturated carbocycles. The molecule has 7 heteroatoms. The molecular weight excluding hydrogens is 373 g/mol. The quantitative estimate of drug-likeness (QED) is 0.267. The highest BCUT2D eigenvalue weighted by Gasteiger charge is 2.26. The van der Waals surface area contributed by atoms with E-state index in [9.17, 15) is 22.8 Å². The maximum atomic E-state index is 12.1. The van der Waals surface area contributed by atoms with E-state index in [-0.39, 0.29) is 24.4 Å². The summed E-state index contributed by atoms with van der Waals surface area (Å²) in [6, 6.07) is 12.6. The fourth-order valence-corrected chi connectivity index (χ4v) is 2.18. The lowest BCUT2D eigenvalue weighted by molar-refractivity contribution is -0.136. The summed E-state index contributed by atoms with van der Waals surface area (Å²) in [6.07, 6.45) is -2.14. The third-order valence-electron chi connectivity index (χ3n) is 3.56. The smallest absolute Gasteiger partial charge is 0.389 e. The molecule has 2 aromatic rings. The molecule has 0 fully saturated rings. The standard InChI is InChI=1S/C21H19F3O4/c1-15(25)3-4-16-5-9-19(10-6-16)28-20(26)17-7-11-18(12-8-17)27-14-2-13-21(22,23)24/h3-12H,2,13-14H2,1H3/b4-3+. The molecule has 0 aromatic heterocycles. The summed E-state index contributed by atoms with van der Waals surface area (Å²) < 4.78 is 46.7. The highest BCUT2D eigenvalue weighted by Crippen LogP contribution is 2.22. The highest BCUT2D eigenvalue weighted by atomic mass is 19.4. The van der Waals surface area contributed by atoms with Gasteiger partial charge < -0.3 is 9.47 Å². The number of carbonyl (C=O) groups is 2. The SMILES string of the molecule is CC(=O)/C=C/c1ccc(OC(=O)c2ccc(OCCCC(F)(F)F)cc2)cc1. The summed E-state index contributed by atoms with van der Waals surface area (Å²) >= 11 is 0. The van der Waals surface area contributed by atoms with E-state index in [1.807, 2.05) is 0 Å². The van der Waals surface area contributed by atoms with Crippen LogP contribution in [0.15, 0.2) is 54.6 Å². The molecule has 0 unspecified atom stereocenters. The molecule has 4 nitrogen and oxygen atoms in total. The lowest BCUT2D eigenvalue weighted by Gasteiger charge is -2.09. The molecule has 0 aliphatic heterocycles. The molecular formula is C21H19F3O4. The maximum Gasteiger partial charge on any atom is 0.389 e. The van der Waals surface area contributed by atoms with Gasteiger partial charge in [-0.15, -0.1) is 0 Å². The minimum Gasteiger partial charge on any atom is -0.494 e. The van der Waals surface area contributed by atoms with Gasteiger partial charge in [-0.05, 0) is 61.4 Å². The summed E-state index contributed by atoms with van der Waals surface area (Å²) in [7, 11) is 0. The summed E-state index contributed by atoms with van der Waals surface area (Å²) in [5.74, 6) is 0.0803. The Hall–Kier alpha value is -3.09. The molecule has 0 spiro atoms. The number of rotatable bonds is 8. The number of esters is 1. The molecule has 0 saturated heterocycles. The van der Waals surface area contributed by atoms with Gasteiger partial charge in [0, 0.05) is 6.42 Å². The number of carbonyl (C=O) groups excluding carboxylic acids is 2. The summed E-state index contributed by atoms with van der Waals surface area (Å²) in [5.41, 5.74) is 1.07. The van der Waals surface area contributed by atoms with Gasteiger partial charge in [-0.2, -0.15) is 13.2 Å². The molecule has 0 aliphatic rings. The van der Waals surface area contributed by atoms with Gasteiger partial charge in [-0.1, -0.05) is 18.2 Å². The van der Waals surface area contributed by atoms with Crippen LogP contribution in [0.1, 0.15) is 35.7 Å². The number of hydrogen-bond donors (Lipinski definition) is 0. The van der Waals surface area contributed by atoms with E-state index < -0.39 is 18.6 Å². The highest BCUT2D eigenvalue weighted by molar-refractivity contribution is 5.92. The van der Waals surface area contributed by atoms with Crippen LogP contribution < -0.4 is 9.47 Å². The van der Waals surface area contributed by atoms with E-state index in [2.05, 4.69) is 0 Å². The minimum atomic E-state index is -4.20. The van der Waals surface area contributed by atoms with E-state index in [1.165, 1.54) is 37.3 Å². The Balaban J connectivity index is 1.86. The topological polar surface area (TPSA) is 52.6 Å².